The van der Waals surface area contributed by atoms with Crippen LogP contribution < -0.4 is 0 Å². The number of hydrogen-bond donors (Lipinski definition) is 0. The number of hydrogen-bond acceptors (Lipinski definition) is 5. The molecule has 0 N–H and O–H groups in total. The fourth-order valence-corrected chi connectivity index (χ4v) is 5.60. The minimum Gasteiger partial charge on any atom is -0.462 e. The Kier molecular flexibility index (Phi) is 6.55. The summed E-state index contributed by atoms with van der Waals surface area (Å²) < 4.78 is 32.4. The molecule has 2 saturated heterocycles. The maximum Gasteiger partial charge on any atom is 0.338 e. The van der Waals surface area contributed by atoms with Crippen molar-refractivity contribution in [1.29, 1.82) is 0 Å². The van der Waals surface area contributed by atoms with Crippen LogP contribution in [0.5, 0.6) is 0 Å². The van der Waals surface area contributed by atoms with Gasteiger partial charge in [-0.25, -0.2) is 13.2 Å². The molecule has 1 atom stereocenters. The van der Waals surface area contributed by atoms with Gasteiger partial charge < -0.3 is 9.64 Å². The fourth-order valence-electron chi connectivity index (χ4n) is 4.13. The van der Waals surface area contributed by atoms with Crippen LogP contribution in [0.4, 0.5) is 0 Å². The Morgan fingerprint density at radius 1 is 1.11 bits per heavy atom. The molecule has 0 amide bonds. The van der Waals surface area contributed by atoms with E-state index in [9.17, 15) is 13.2 Å². The SMILES string of the molecule is CCOC(=O)c1ccc(S(=O)(=O)N2CCC(N3CCCC(C)C3)CC2)cc1. The van der Waals surface area contributed by atoms with Crippen molar-refractivity contribution in [1.82, 2.24) is 9.21 Å². The molecule has 0 radical (unpaired) electrons. The van der Waals surface area contributed by atoms with Crippen LogP contribution in [0, 0.1) is 5.92 Å². The lowest BCUT2D eigenvalue weighted by atomic mass is 9.96. The monoisotopic (exact) mass is 394 g/mol. The summed E-state index contributed by atoms with van der Waals surface area (Å²) >= 11 is 0. The molecule has 0 spiro atoms. The predicted octanol–water partition coefficient (Wildman–Crippen LogP) is 2.75. The molecule has 150 valence electrons. The Labute approximate surface area is 162 Å². The third-order valence-electron chi connectivity index (χ3n) is 5.63. The van der Waals surface area contributed by atoms with E-state index in [-0.39, 0.29) is 4.90 Å². The van der Waals surface area contributed by atoms with Crippen LogP contribution in [0.2, 0.25) is 0 Å². The zero-order chi connectivity index (χ0) is 19.4. The fraction of sp³-hybridized carbons (Fsp3) is 0.650. The molecule has 3 rings (SSSR count). The Hall–Kier alpha value is -1.44. The average Bonchev–Trinajstić information content (AvgIpc) is 2.68. The molecule has 1 unspecified atom stereocenters. The van der Waals surface area contributed by atoms with Gasteiger partial charge in [-0.05, 0) is 69.3 Å². The number of benzene rings is 1. The quantitative estimate of drug-likeness (QED) is 0.719. The van der Waals surface area contributed by atoms with Gasteiger partial charge >= 0.3 is 5.97 Å². The van der Waals surface area contributed by atoms with Crippen LogP contribution in [0.3, 0.4) is 0 Å². The van der Waals surface area contributed by atoms with Crippen molar-refractivity contribution in [3.63, 3.8) is 0 Å². The summed E-state index contributed by atoms with van der Waals surface area (Å²) in [6, 6.07) is 6.53. The highest BCUT2D eigenvalue weighted by atomic mass is 32.2. The second-order valence-electron chi connectivity index (χ2n) is 7.62. The topological polar surface area (TPSA) is 66.9 Å². The number of nitrogens with zero attached hydrogens (tertiary/aromatic N) is 2. The lowest BCUT2D eigenvalue weighted by Crippen LogP contribution is -2.49. The van der Waals surface area contributed by atoms with Gasteiger partial charge in [-0.3, -0.25) is 0 Å². The van der Waals surface area contributed by atoms with Gasteiger partial charge in [-0.15, -0.1) is 0 Å². The number of sulfonamides is 1. The molecule has 0 saturated carbocycles. The minimum atomic E-state index is -3.52. The molecule has 2 aliphatic heterocycles. The lowest BCUT2D eigenvalue weighted by molar-refractivity contribution is 0.0526. The summed E-state index contributed by atoms with van der Waals surface area (Å²) in [6.07, 6.45) is 4.30. The molecule has 2 fully saturated rings. The maximum absolute atomic E-state index is 12.9. The Morgan fingerprint density at radius 2 is 1.78 bits per heavy atom. The van der Waals surface area contributed by atoms with E-state index in [1.54, 1.807) is 11.2 Å². The zero-order valence-corrected chi connectivity index (χ0v) is 17.1. The smallest absolute Gasteiger partial charge is 0.338 e. The van der Waals surface area contributed by atoms with Crippen LogP contribution in [0.1, 0.15) is 49.9 Å². The molecule has 2 heterocycles. The number of carbonyl (C=O) groups excluding carboxylic acids is 1. The number of carbonyl (C=O) groups is 1. The summed E-state index contributed by atoms with van der Waals surface area (Å²) in [5.41, 5.74) is 0.369. The van der Waals surface area contributed by atoms with Crippen molar-refractivity contribution in [2.45, 2.75) is 50.5 Å². The van der Waals surface area contributed by atoms with E-state index in [1.165, 1.54) is 37.1 Å². The number of esters is 1. The zero-order valence-electron chi connectivity index (χ0n) is 16.3. The van der Waals surface area contributed by atoms with Crippen molar-refractivity contribution in [3.05, 3.63) is 29.8 Å². The molecule has 6 nitrogen and oxygen atoms in total. The van der Waals surface area contributed by atoms with Gasteiger partial charge in [0, 0.05) is 25.7 Å². The summed E-state index contributed by atoms with van der Waals surface area (Å²) in [7, 11) is -3.52. The summed E-state index contributed by atoms with van der Waals surface area (Å²) in [6.45, 7) is 7.71. The van der Waals surface area contributed by atoms with Gasteiger partial charge in [0.15, 0.2) is 0 Å². The molecule has 0 bridgehead atoms. The van der Waals surface area contributed by atoms with E-state index < -0.39 is 16.0 Å². The van der Waals surface area contributed by atoms with Gasteiger partial charge in [-0.1, -0.05) is 6.92 Å². The first-order chi connectivity index (χ1) is 12.9. The van der Waals surface area contributed by atoms with Gasteiger partial charge in [0.25, 0.3) is 0 Å². The van der Waals surface area contributed by atoms with E-state index in [0.717, 1.165) is 31.8 Å². The van der Waals surface area contributed by atoms with E-state index in [2.05, 4.69) is 11.8 Å². The summed E-state index contributed by atoms with van der Waals surface area (Å²) in [5.74, 6) is 0.302. The Morgan fingerprint density at radius 3 is 2.37 bits per heavy atom. The number of piperidine rings is 2. The van der Waals surface area contributed by atoms with E-state index in [4.69, 9.17) is 4.74 Å². The van der Waals surface area contributed by atoms with Crippen LogP contribution >= 0.6 is 0 Å². The highest BCUT2D eigenvalue weighted by molar-refractivity contribution is 7.89. The third-order valence-corrected chi connectivity index (χ3v) is 7.54. The standard InChI is InChI=1S/C20H30N2O4S/c1-3-26-20(23)17-6-8-19(9-7-17)27(24,25)22-13-10-18(11-14-22)21-12-4-5-16(2)15-21/h6-9,16,18H,3-5,10-15H2,1-2H3. The van der Waals surface area contributed by atoms with Crippen molar-refractivity contribution in [2.75, 3.05) is 32.8 Å². The van der Waals surface area contributed by atoms with Gasteiger partial charge in [-0.2, -0.15) is 4.31 Å². The predicted molar refractivity (Wildman–Crippen MR) is 104 cm³/mol. The molecule has 0 aromatic heterocycles. The second kappa shape index (κ2) is 8.71. The molecular formula is C20H30N2O4S. The molecule has 7 heteroatoms. The normalized spacial score (nSPS) is 23.3. The molecule has 1 aromatic carbocycles. The average molecular weight is 395 g/mol. The maximum atomic E-state index is 12.9. The lowest BCUT2D eigenvalue weighted by Gasteiger charge is -2.41. The summed E-state index contributed by atoms with van der Waals surface area (Å²) in [5, 5.41) is 0. The van der Waals surface area contributed by atoms with E-state index in [1.807, 2.05) is 0 Å². The highest BCUT2D eigenvalue weighted by Gasteiger charge is 2.32. The van der Waals surface area contributed by atoms with Crippen LogP contribution in [-0.2, 0) is 14.8 Å². The van der Waals surface area contributed by atoms with Crippen molar-refractivity contribution in [3.8, 4) is 0 Å². The van der Waals surface area contributed by atoms with E-state index >= 15 is 0 Å². The number of ether oxygens (including phenoxy) is 1. The van der Waals surface area contributed by atoms with Crippen LogP contribution in [-0.4, -0.2) is 62.4 Å². The number of likely N-dealkylation sites (tertiary alicyclic amines) is 1. The van der Waals surface area contributed by atoms with Crippen molar-refractivity contribution < 1.29 is 17.9 Å². The van der Waals surface area contributed by atoms with Gasteiger partial charge in [0.05, 0.1) is 17.1 Å². The third kappa shape index (κ3) is 4.70. The van der Waals surface area contributed by atoms with Gasteiger partial charge in [0.1, 0.15) is 0 Å². The first kappa shape index (κ1) is 20.3. The Bertz CT molecular complexity index is 740. The first-order valence-electron chi connectivity index (χ1n) is 9.93. The van der Waals surface area contributed by atoms with Crippen molar-refractivity contribution in [2.24, 2.45) is 5.92 Å². The number of rotatable bonds is 5. The van der Waals surface area contributed by atoms with Gasteiger partial charge in [0.2, 0.25) is 10.0 Å². The molecule has 27 heavy (non-hydrogen) atoms. The highest BCUT2D eigenvalue weighted by Crippen LogP contribution is 2.26. The van der Waals surface area contributed by atoms with Crippen LogP contribution in [0.25, 0.3) is 0 Å². The molecular weight excluding hydrogens is 364 g/mol. The second-order valence-corrected chi connectivity index (χ2v) is 9.56. The largest absolute Gasteiger partial charge is 0.462 e. The van der Waals surface area contributed by atoms with E-state index in [0.29, 0.717) is 31.3 Å². The molecule has 1 aromatic rings. The molecule has 0 aliphatic carbocycles. The van der Waals surface area contributed by atoms with Crippen LogP contribution in [0.15, 0.2) is 29.2 Å². The summed E-state index contributed by atoms with van der Waals surface area (Å²) in [4.78, 5) is 14.5. The Balaban J connectivity index is 1.62. The minimum absolute atomic E-state index is 0.237. The van der Waals surface area contributed by atoms with Crippen molar-refractivity contribution >= 4 is 16.0 Å². The first-order valence-corrected chi connectivity index (χ1v) is 11.4. The molecule has 2 aliphatic rings.